The summed E-state index contributed by atoms with van der Waals surface area (Å²) < 4.78 is 3.78. The molecule has 7 nitrogen and oxygen atoms in total. The molecule has 1 aliphatic heterocycles. The summed E-state index contributed by atoms with van der Waals surface area (Å²) in [4.78, 5) is 17.7. The Labute approximate surface area is 137 Å². The van der Waals surface area contributed by atoms with Crippen LogP contribution in [0.15, 0.2) is 30.7 Å². The number of amides is 1. The van der Waals surface area contributed by atoms with Crippen molar-refractivity contribution in [2.45, 2.75) is 20.0 Å². The van der Waals surface area contributed by atoms with Gasteiger partial charge in [-0.15, -0.1) is 0 Å². The van der Waals surface area contributed by atoms with E-state index >= 15 is 0 Å². The average molecular weight is 331 g/mol. The molecule has 118 valence electrons. The van der Waals surface area contributed by atoms with E-state index in [4.69, 9.17) is 11.6 Å². The van der Waals surface area contributed by atoms with Gasteiger partial charge in [-0.25, -0.2) is 4.98 Å². The maximum atomic E-state index is 11.5. The highest BCUT2D eigenvalue weighted by molar-refractivity contribution is 6.30. The van der Waals surface area contributed by atoms with Gasteiger partial charge >= 0.3 is 0 Å². The molecule has 0 spiro atoms. The molecule has 23 heavy (non-hydrogen) atoms. The number of carbonyl (C=O) groups is 1. The lowest BCUT2D eigenvalue weighted by atomic mass is 10.3. The Morgan fingerprint density at radius 3 is 3.04 bits per heavy atom. The minimum absolute atomic E-state index is 0.0842. The van der Waals surface area contributed by atoms with Gasteiger partial charge in [0, 0.05) is 38.1 Å². The quantitative estimate of drug-likeness (QED) is 0.783. The largest absolute Gasteiger partial charge is 0.336 e. The lowest BCUT2D eigenvalue weighted by molar-refractivity contribution is -0.130. The molecule has 8 heteroatoms. The highest BCUT2D eigenvalue weighted by Gasteiger charge is 2.20. The lowest BCUT2D eigenvalue weighted by Gasteiger charge is -2.26. The third kappa shape index (κ3) is 2.53. The number of imidazole rings is 1. The zero-order valence-corrected chi connectivity index (χ0v) is 13.3. The van der Waals surface area contributed by atoms with E-state index in [-0.39, 0.29) is 5.91 Å². The number of carbonyl (C=O) groups excluding carboxylic acids is 1. The summed E-state index contributed by atoms with van der Waals surface area (Å²) in [5, 5.41) is 8.44. The first-order valence-electron chi connectivity index (χ1n) is 7.31. The van der Waals surface area contributed by atoms with E-state index in [1.165, 1.54) is 0 Å². The zero-order chi connectivity index (χ0) is 16.0. The fraction of sp³-hybridized carbons (Fsp3) is 0.267. The predicted octanol–water partition coefficient (Wildman–Crippen LogP) is 2.29. The summed E-state index contributed by atoms with van der Waals surface area (Å²) in [5.74, 6) is 0.804. The summed E-state index contributed by atoms with van der Waals surface area (Å²) >= 11 is 6.14. The summed E-state index contributed by atoms with van der Waals surface area (Å²) in [6.07, 6.45) is 5.37. The second-order valence-electron chi connectivity index (χ2n) is 5.54. The zero-order valence-electron chi connectivity index (χ0n) is 12.5. The van der Waals surface area contributed by atoms with Gasteiger partial charge in [-0.2, -0.15) is 5.10 Å². The second kappa shape index (κ2) is 5.27. The second-order valence-corrected chi connectivity index (χ2v) is 5.98. The van der Waals surface area contributed by atoms with Gasteiger partial charge in [-0.1, -0.05) is 11.6 Å². The number of hydrogen-bond donors (Lipinski definition) is 1. The number of nitrogens with one attached hydrogen (secondary N) is 1. The first-order valence-corrected chi connectivity index (χ1v) is 7.69. The van der Waals surface area contributed by atoms with Gasteiger partial charge < -0.3 is 14.6 Å². The van der Waals surface area contributed by atoms with E-state index in [1.807, 2.05) is 32.3 Å². The number of pyridine rings is 1. The van der Waals surface area contributed by atoms with Crippen LogP contribution in [0.1, 0.15) is 12.6 Å². The molecule has 4 heterocycles. The van der Waals surface area contributed by atoms with Gasteiger partial charge in [0.25, 0.3) is 0 Å². The molecule has 4 rings (SSSR count). The van der Waals surface area contributed by atoms with Gasteiger partial charge in [-0.05, 0) is 6.07 Å². The predicted molar refractivity (Wildman–Crippen MR) is 86.8 cm³/mol. The van der Waals surface area contributed by atoms with Crippen LogP contribution in [-0.4, -0.2) is 36.5 Å². The van der Waals surface area contributed by atoms with Crippen LogP contribution in [0.5, 0.6) is 0 Å². The van der Waals surface area contributed by atoms with Crippen molar-refractivity contribution in [2.24, 2.45) is 0 Å². The Morgan fingerprint density at radius 1 is 1.35 bits per heavy atom. The molecule has 0 aliphatic carbocycles. The van der Waals surface area contributed by atoms with Crippen molar-refractivity contribution in [3.05, 3.63) is 41.4 Å². The molecule has 1 aliphatic rings. The van der Waals surface area contributed by atoms with Crippen molar-refractivity contribution in [3.63, 3.8) is 0 Å². The van der Waals surface area contributed by atoms with E-state index in [0.29, 0.717) is 24.7 Å². The number of fused-ring (bicyclic) bond motifs is 2. The minimum Gasteiger partial charge on any atom is -0.336 e. The van der Waals surface area contributed by atoms with Gasteiger partial charge in [0.2, 0.25) is 5.91 Å². The number of aromatic nitrogens is 4. The standard InChI is InChI=1S/C15H15ClN6O/c1-10(23)20-4-5-22-12(9-20)7-14(19-22)18-13-6-11(16)8-21-3-2-17-15(13)21/h2-3,6-8H,4-5,9H2,1H3,(H,18,19). The fourth-order valence-electron chi connectivity index (χ4n) is 2.82. The van der Waals surface area contributed by atoms with Crippen molar-refractivity contribution in [1.29, 1.82) is 0 Å². The maximum Gasteiger partial charge on any atom is 0.219 e. The minimum atomic E-state index is 0.0842. The van der Waals surface area contributed by atoms with E-state index in [2.05, 4.69) is 15.4 Å². The molecule has 0 saturated carbocycles. The van der Waals surface area contributed by atoms with Crippen LogP contribution in [0.2, 0.25) is 5.02 Å². The van der Waals surface area contributed by atoms with Gasteiger partial charge in [-0.3, -0.25) is 9.48 Å². The molecule has 0 fully saturated rings. The summed E-state index contributed by atoms with van der Waals surface area (Å²) in [6, 6.07) is 3.78. The van der Waals surface area contributed by atoms with Gasteiger partial charge in [0.1, 0.15) is 0 Å². The topological polar surface area (TPSA) is 67.5 Å². The summed E-state index contributed by atoms with van der Waals surface area (Å²) in [6.45, 7) is 3.56. The molecular weight excluding hydrogens is 316 g/mol. The third-order valence-corrected chi connectivity index (χ3v) is 4.17. The Morgan fingerprint density at radius 2 is 2.22 bits per heavy atom. The molecule has 0 bridgehead atoms. The summed E-state index contributed by atoms with van der Waals surface area (Å²) in [7, 11) is 0. The van der Waals surface area contributed by atoms with Crippen LogP contribution in [0.3, 0.4) is 0 Å². The average Bonchev–Trinajstić information content (AvgIpc) is 3.11. The highest BCUT2D eigenvalue weighted by Crippen LogP contribution is 2.25. The van der Waals surface area contributed by atoms with Crippen molar-refractivity contribution in [3.8, 4) is 0 Å². The molecule has 0 radical (unpaired) electrons. The fourth-order valence-corrected chi connectivity index (χ4v) is 3.04. The number of nitrogens with zero attached hydrogens (tertiary/aromatic N) is 5. The Balaban J connectivity index is 1.65. The Hall–Kier alpha value is -2.54. The number of hydrogen-bond acceptors (Lipinski definition) is 4. The van der Waals surface area contributed by atoms with Crippen molar-refractivity contribution >= 4 is 34.7 Å². The lowest BCUT2D eigenvalue weighted by Crippen LogP contribution is -2.36. The molecule has 3 aromatic rings. The third-order valence-electron chi connectivity index (χ3n) is 3.96. The van der Waals surface area contributed by atoms with Crippen LogP contribution >= 0.6 is 11.6 Å². The normalized spacial score (nSPS) is 14.1. The number of halogens is 1. The van der Waals surface area contributed by atoms with Crippen LogP contribution in [-0.2, 0) is 17.9 Å². The van der Waals surface area contributed by atoms with Crippen molar-refractivity contribution in [2.75, 3.05) is 11.9 Å². The van der Waals surface area contributed by atoms with Gasteiger partial charge in [0.15, 0.2) is 11.5 Å². The monoisotopic (exact) mass is 330 g/mol. The van der Waals surface area contributed by atoms with Crippen molar-refractivity contribution in [1.82, 2.24) is 24.1 Å². The smallest absolute Gasteiger partial charge is 0.219 e. The molecule has 1 N–H and O–H groups in total. The molecule has 0 aromatic carbocycles. The van der Waals surface area contributed by atoms with E-state index < -0.39 is 0 Å². The van der Waals surface area contributed by atoms with Crippen LogP contribution in [0, 0.1) is 0 Å². The molecule has 0 saturated heterocycles. The molecular formula is C15H15ClN6O. The Kier molecular flexibility index (Phi) is 3.23. The Bertz CT molecular complexity index is 899. The van der Waals surface area contributed by atoms with Crippen molar-refractivity contribution < 1.29 is 4.79 Å². The van der Waals surface area contributed by atoms with E-state index in [9.17, 15) is 4.79 Å². The molecule has 3 aromatic heterocycles. The number of rotatable bonds is 2. The first-order chi connectivity index (χ1) is 11.1. The van der Waals surface area contributed by atoms with Crippen LogP contribution < -0.4 is 5.32 Å². The number of anilines is 2. The molecule has 0 unspecified atom stereocenters. The van der Waals surface area contributed by atoms with Gasteiger partial charge in [0.05, 0.1) is 29.5 Å². The van der Waals surface area contributed by atoms with E-state index in [0.717, 1.165) is 22.8 Å². The van der Waals surface area contributed by atoms with Crippen LogP contribution in [0.25, 0.3) is 5.65 Å². The van der Waals surface area contributed by atoms with E-state index in [1.54, 1.807) is 19.3 Å². The molecule has 0 atom stereocenters. The summed E-state index contributed by atoms with van der Waals surface area (Å²) in [5.41, 5.74) is 2.59. The molecule has 1 amide bonds. The van der Waals surface area contributed by atoms with Crippen LogP contribution in [0.4, 0.5) is 11.5 Å². The first kappa shape index (κ1) is 14.1. The maximum absolute atomic E-state index is 11.5. The highest BCUT2D eigenvalue weighted by atomic mass is 35.5. The SMILES string of the molecule is CC(=O)N1CCn2nc(Nc3cc(Cl)cn4ccnc34)cc2C1.